The van der Waals surface area contributed by atoms with Gasteiger partial charge in [-0.3, -0.25) is 4.79 Å². The monoisotopic (exact) mass is 359 g/mol. The van der Waals surface area contributed by atoms with Crippen molar-refractivity contribution in [3.63, 3.8) is 0 Å². The first-order chi connectivity index (χ1) is 11.9. The molecule has 2 rings (SSSR count). The molecule has 1 unspecified atom stereocenters. The standard InChI is InChI=1S/C20H22ClNO3/c1-13(2)18(22-19(23)16-10-6-7-11-17(16)21)20(24)25-12-15-9-5-4-8-14(15)3/h4-11,13,18H,12H2,1-3H3,(H,22,23). The molecule has 0 aliphatic carbocycles. The second-order valence-corrected chi connectivity index (χ2v) is 6.62. The molecule has 0 saturated heterocycles. The van der Waals surface area contributed by atoms with Gasteiger partial charge < -0.3 is 10.1 Å². The van der Waals surface area contributed by atoms with Gasteiger partial charge in [0.25, 0.3) is 5.91 Å². The van der Waals surface area contributed by atoms with Crippen molar-refractivity contribution in [3.8, 4) is 0 Å². The maximum Gasteiger partial charge on any atom is 0.329 e. The van der Waals surface area contributed by atoms with Crippen molar-refractivity contribution in [3.05, 3.63) is 70.2 Å². The second-order valence-electron chi connectivity index (χ2n) is 6.21. The number of amides is 1. The summed E-state index contributed by atoms with van der Waals surface area (Å²) < 4.78 is 5.41. The van der Waals surface area contributed by atoms with E-state index in [1.807, 2.05) is 45.0 Å². The number of rotatable bonds is 6. The van der Waals surface area contributed by atoms with E-state index < -0.39 is 17.9 Å². The molecule has 5 heteroatoms. The molecule has 0 aliphatic rings. The van der Waals surface area contributed by atoms with Gasteiger partial charge in [0, 0.05) is 0 Å². The van der Waals surface area contributed by atoms with Crippen LogP contribution in [0.1, 0.15) is 35.3 Å². The first kappa shape index (κ1) is 19.0. The van der Waals surface area contributed by atoms with Gasteiger partial charge in [0.15, 0.2) is 0 Å². The van der Waals surface area contributed by atoms with Crippen LogP contribution >= 0.6 is 11.6 Å². The molecular formula is C20H22ClNO3. The Balaban J connectivity index is 2.04. The molecule has 0 bridgehead atoms. The van der Waals surface area contributed by atoms with Crippen LogP contribution in [0.15, 0.2) is 48.5 Å². The summed E-state index contributed by atoms with van der Waals surface area (Å²) in [6.07, 6.45) is 0. The van der Waals surface area contributed by atoms with Crippen LogP contribution in [-0.4, -0.2) is 17.9 Å². The Hall–Kier alpha value is -2.33. The molecule has 0 aliphatic heterocycles. The third-order valence-corrected chi connectivity index (χ3v) is 4.29. The smallest absolute Gasteiger partial charge is 0.329 e. The van der Waals surface area contributed by atoms with E-state index in [0.29, 0.717) is 10.6 Å². The Bertz CT molecular complexity index is 758. The zero-order valence-corrected chi connectivity index (χ0v) is 15.3. The lowest BCUT2D eigenvalue weighted by molar-refractivity contribution is -0.148. The summed E-state index contributed by atoms with van der Waals surface area (Å²) in [6, 6.07) is 13.7. The first-order valence-corrected chi connectivity index (χ1v) is 8.54. The maximum atomic E-state index is 12.5. The molecule has 0 aromatic heterocycles. The van der Waals surface area contributed by atoms with Crippen molar-refractivity contribution in [2.24, 2.45) is 5.92 Å². The van der Waals surface area contributed by atoms with E-state index in [1.165, 1.54) is 0 Å². The lowest BCUT2D eigenvalue weighted by Crippen LogP contribution is -2.45. The highest BCUT2D eigenvalue weighted by molar-refractivity contribution is 6.33. The van der Waals surface area contributed by atoms with E-state index in [-0.39, 0.29) is 12.5 Å². The normalized spacial score (nSPS) is 11.9. The second kappa shape index (κ2) is 8.67. The Labute approximate surface area is 153 Å². The number of hydrogen-bond acceptors (Lipinski definition) is 3. The average Bonchev–Trinajstić information content (AvgIpc) is 2.58. The van der Waals surface area contributed by atoms with Gasteiger partial charge in [-0.2, -0.15) is 0 Å². The Morgan fingerprint density at radius 2 is 1.72 bits per heavy atom. The van der Waals surface area contributed by atoms with Crippen molar-refractivity contribution in [2.75, 3.05) is 0 Å². The van der Waals surface area contributed by atoms with Crippen molar-refractivity contribution in [2.45, 2.75) is 33.4 Å². The van der Waals surface area contributed by atoms with E-state index in [0.717, 1.165) is 11.1 Å². The van der Waals surface area contributed by atoms with Gasteiger partial charge in [0.2, 0.25) is 0 Å². The van der Waals surface area contributed by atoms with E-state index in [9.17, 15) is 9.59 Å². The first-order valence-electron chi connectivity index (χ1n) is 8.16. The van der Waals surface area contributed by atoms with E-state index in [2.05, 4.69) is 5.32 Å². The highest BCUT2D eigenvalue weighted by Gasteiger charge is 2.26. The number of aryl methyl sites for hydroxylation is 1. The maximum absolute atomic E-state index is 12.5. The number of esters is 1. The van der Waals surface area contributed by atoms with Gasteiger partial charge in [-0.15, -0.1) is 0 Å². The van der Waals surface area contributed by atoms with Gasteiger partial charge >= 0.3 is 5.97 Å². The zero-order chi connectivity index (χ0) is 18.4. The lowest BCUT2D eigenvalue weighted by Gasteiger charge is -2.21. The predicted molar refractivity (Wildman–Crippen MR) is 98.5 cm³/mol. The molecule has 25 heavy (non-hydrogen) atoms. The molecule has 0 heterocycles. The van der Waals surface area contributed by atoms with E-state index in [1.54, 1.807) is 24.3 Å². The largest absolute Gasteiger partial charge is 0.459 e. The van der Waals surface area contributed by atoms with E-state index in [4.69, 9.17) is 16.3 Å². The van der Waals surface area contributed by atoms with Gasteiger partial charge in [-0.05, 0) is 36.1 Å². The number of carbonyl (C=O) groups excluding carboxylic acids is 2. The van der Waals surface area contributed by atoms with Crippen molar-refractivity contribution in [1.82, 2.24) is 5.32 Å². The summed E-state index contributed by atoms with van der Waals surface area (Å²) in [5.74, 6) is -0.966. The van der Waals surface area contributed by atoms with Gasteiger partial charge in [0.05, 0.1) is 10.6 Å². The molecule has 0 spiro atoms. The number of hydrogen-bond donors (Lipinski definition) is 1. The minimum Gasteiger partial charge on any atom is -0.459 e. The molecule has 0 radical (unpaired) electrons. The van der Waals surface area contributed by atoms with Gasteiger partial charge in [-0.25, -0.2) is 4.79 Å². The lowest BCUT2D eigenvalue weighted by atomic mass is 10.0. The van der Waals surface area contributed by atoms with Crippen LogP contribution in [0.2, 0.25) is 5.02 Å². The number of halogens is 1. The number of benzene rings is 2. The summed E-state index contributed by atoms with van der Waals surface area (Å²) >= 11 is 6.04. The van der Waals surface area contributed by atoms with Crippen LogP contribution in [-0.2, 0) is 16.1 Å². The minimum absolute atomic E-state index is 0.115. The number of carbonyl (C=O) groups is 2. The van der Waals surface area contributed by atoms with Gasteiger partial charge in [0.1, 0.15) is 12.6 Å². The molecule has 1 amide bonds. The third-order valence-electron chi connectivity index (χ3n) is 3.96. The average molecular weight is 360 g/mol. The molecule has 2 aromatic carbocycles. The molecule has 0 fully saturated rings. The highest BCUT2D eigenvalue weighted by atomic mass is 35.5. The van der Waals surface area contributed by atoms with E-state index >= 15 is 0 Å². The highest BCUT2D eigenvalue weighted by Crippen LogP contribution is 2.16. The summed E-state index contributed by atoms with van der Waals surface area (Å²) in [5, 5.41) is 3.07. The molecule has 132 valence electrons. The van der Waals surface area contributed by atoms with Crippen LogP contribution in [0.3, 0.4) is 0 Å². The van der Waals surface area contributed by atoms with Crippen molar-refractivity contribution in [1.29, 1.82) is 0 Å². The number of ether oxygens (including phenoxy) is 1. The van der Waals surface area contributed by atoms with Gasteiger partial charge in [-0.1, -0.05) is 61.8 Å². The third kappa shape index (κ3) is 5.07. The Morgan fingerprint density at radius 3 is 2.36 bits per heavy atom. The Kier molecular flexibility index (Phi) is 6.59. The summed E-state index contributed by atoms with van der Waals surface area (Å²) in [7, 11) is 0. The molecule has 2 aromatic rings. The fraction of sp³-hybridized carbons (Fsp3) is 0.300. The Morgan fingerprint density at radius 1 is 1.08 bits per heavy atom. The van der Waals surface area contributed by atoms with Crippen LogP contribution < -0.4 is 5.32 Å². The molecule has 4 nitrogen and oxygen atoms in total. The summed E-state index contributed by atoms with van der Waals surface area (Å²) in [5.41, 5.74) is 2.33. The summed E-state index contributed by atoms with van der Waals surface area (Å²) in [4.78, 5) is 24.9. The predicted octanol–water partition coefficient (Wildman–Crippen LogP) is 4.15. The summed E-state index contributed by atoms with van der Waals surface area (Å²) in [6.45, 7) is 5.85. The van der Waals surface area contributed by atoms with Crippen molar-refractivity contribution < 1.29 is 14.3 Å². The topological polar surface area (TPSA) is 55.4 Å². The molecule has 0 saturated carbocycles. The van der Waals surface area contributed by atoms with Crippen molar-refractivity contribution >= 4 is 23.5 Å². The van der Waals surface area contributed by atoms with Crippen LogP contribution in [0.4, 0.5) is 0 Å². The minimum atomic E-state index is -0.743. The quantitative estimate of drug-likeness (QED) is 0.788. The number of nitrogens with one attached hydrogen (secondary N) is 1. The molecule has 1 atom stereocenters. The fourth-order valence-electron chi connectivity index (χ4n) is 2.37. The molecular weight excluding hydrogens is 338 g/mol. The zero-order valence-electron chi connectivity index (χ0n) is 14.6. The fourth-order valence-corrected chi connectivity index (χ4v) is 2.59. The van der Waals surface area contributed by atoms with Crippen LogP contribution in [0, 0.1) is 12.8 Å². The van der Waals surface area contributed by atoms with Crippen LogP contribution in [0.25, 0.3) is 0 Å². The van der Waals surface area contributed by atoms with Crippen LogP contribution in [0.5, 0.6) is 0 Å². The SMILES string of the molecule is Cc1ccccc1COC(=O)C(NC(=O)c1ccccc1Cl)C(C)C. The molecule has 1 N–H and O–H groups in total.